The minimum atomic E-state index is 0.334. The Hall–Kier alpha value is -1.57. The van der Waals surface area contributed by atoms with Gasteiger partial charge in [0.05, 0.1) is 0 Å². The second-order valence-electron chi connectivity index (χ2n) is 3.98. The monoisotopic (exact) mass is 201 g/mol. The van der Waals surface area contributed by atoms with Crippen LogP contribution in [0.15, 0.2) is 34.7 Å². The smallest absolute Gasteiger partial charge is 0.197 e. The SMILES string of the molecule is Cc1oc(C(C)C)nc1-c1ccccc1. The first-order chi connectivity index (χ1) is 7.18. The molecule has 0 N–H and O–H groups in total. The van der Waals surface area contributed by atoms with E-state index in [1.165, 1.54) is 0 Å². The maximum absolute atomic E-state index is 5.62. The van der Waals surface area contributed by atoms with Gasteiger partial charge in [0.25, 0.3) is 0 Å². The van der Waals surface area contributed by atoms with Gasteiger partial charge in [-0.15, -0.1) is 0 Å². The lowest BCUT2D eigenvalue weighted by atomic mass is 10.1. The first-order valence-corrected chi connectivity index (χ1v) is 5.21. The summed E-state index contributed by atoms with van der Waals surface area (Å²) in [6.45, 7) is 6.13. The number of aryl methyl sites for hydroxylation is 1. The van der Waals surface area contributed by atoms with E-state index in [-0.39, 0.29) is 0 Å². The van der Waals surface area contributed by atoms with Crippen molar-refractivity contribution in [3.63, 3.8) is 0 Å². The van der Waals surface area contributed by atoms with E-state index in [2.05, 4.69) is 31.0 Å². The van der Waals surface area contributed by atoms with Gasteiger partial charge in [0.2, 0.25) is 0 Å². The highest BCUT2D eigenvalue weighted by molar-refractivity contribution is 5.60. The van der Waals surface area contributed by atoms with E-state index in [0.717, 1.165) is 22.9 Å². The summed E-state index contributed by atoms with van der Waals surface area (Å²) in [5, 5.41) is 0. The van der Waals surface area contributed by atoms with Crippen molar-refractivity contribution in [3.05, 3.63) is 42.0 Å². The molecule has 1 aromatic heterocycles. The summed E-state index contributed by atoms with van der Waals surface area (Å²) in [5.41, 5.74) is 2.07. The van der Waals surface area contributed by atoms with E-state index in [9.17, 15) is 0 Å². The van der Waals surface area contributed by atoms with E-state index in [1.807, 2.05) is 25.1 Å². The van der Waals surface area contributed by atoms with Crippen molar-refractivity contribution in [3.8, 4) is 11.3 Å². The van der Waals surface area contributed by atoms with Crippen molar-refractivity contribution in [2.24, 2.45) is 0 Å². The molecule has 0 saturated heterocycles. The summed E-state index contributed by atoms with van der Waals surface area (Å²) in [7, 11) is 0. The highest BCUT2D eigenvalue weighted by atomic mass is 16.4. The van der Waals surface area contributed by atoms with Crippen molar-refractivity contribution in [1.82, 2.24) is 4.98 Å². The molecule has 0 amide bonds. The second-order valence-corrected chi connectivity index (χ2v) is 3.98. The van der Waals surface area contributed by atoms with Crippen molar-refractivity contribution in [2.45, 2.75) is 26.7 Å². The van der Waals surface area contributed by atoms with E-state index in [0.29, 0.717) is 5.92 Å². The van der Waals surface area contributed by atoms with Crippen LogP contribution in [0.1, 0.15) is 31.4 Å². The Labute approximate surface area is 90.0 Å². The minimum absolute atomic E-state index is 0.334. The Morgan fingerprint density at radius 3 is 2.33 bits per heavy atom. The van der Waals surface area contributed by atoms with E-state index >= 15 is 0 Å². The Kier molecular flexibility index (Phi) is 2.58. The summed E-state index contributed by atoms with van der Waals surface area (Å²) in [4.78, 5) is 4.51. The highest BCUT2D eigenvalue weighted by Gasteiger charge is 2.13. The lowest BCUT2D eigenvalue weighted by Gasteiger charge is -1.95. The molecule has 0 aliphatic rings. The van der Waals surface area contributed by atoms with Crippen LogP contribution in [-0.2, 0) is 0 Å². The van der Waals surface area contributed by atoms with Crippen molar-refractivity contribution in [1.29, 1.82) is 0 Å². The molecular formula is C13H15NO. The number of oxazole rings is 1. The molecule has 2 nitrogen and oxygen atoms in total. The Morgan fingerprint density at radius 2 is 1.80 bits per heavy atom. The molecule has 0 aliphatic carbocycles. The fourth-order valence-corrected chi connectivity index (χ4v) is 1.53. The molecule has 0 radical (unpaired) electrons. The number of rotatable bonds is 2. The van der Waals surface area contributed by atoms with Crippen molar-refractivity contribution in [2.75, 3.05) is 0 Å². The van der Waals surface area contributed by atoms with Gasteiger partial charge in [-0.1, -0.05) is 44.2 Å². The zero-order chi connectivity index (χ0) is 10.8. The third-order valence-electron chi connectivity index (χ3n) is 2.35. The Morgan fingerprint density at radius 1 is 1.13 bits per heavy atom. The first-order valence-electron chi connectivity index (χ1n) is 5.21. The average molecular weight is 201 g/mol. The molecule has 0 saturated carbocycles. The van der Waals surface area contributed by atoms with Crippen LogP contribution in [0.4, 0.5) is 0 Å². The predicted octanol–water partition coefficient (Wildman–Crippen LogP) is 3.77. The molecule has 1 aromatic carbocycles. The summed E-state index contributed by atoms with van der Waals surface area (Å²) < 4.78 is 5.62. The van der Waals surface area contributed by atoms with E-state index < -0.39 is 0 Å². The molecule has 1 heterocycles. The molecule has 78 valence electrons. The van der Waals surface area contributed by atoms with Crippen LogP contribution < -0.4 is 0 Å². The van der Waals surface area contributed by atoms with Gasteiger partial charge in [-0.2, -0.15) is 0 Å². The normalized spacial score (nSPS) is 10.9. The minimum Gasteiger partial charge on any atom is -0.445 e. The number of hydrogen-bond acceptors (Lipinski definition) is 2. The molecule has 0 unspecified atom stereocenters. The maximum Gasteiger partial charge on any atom is 0.197 e. The summed E-state index contributed by atoms with van der Waals surface area (Å²) in [6.07, 6.45) is 0. The highest BCUT2D eigenvalue weighted by Crippen LogP contribution is 2.25. The van der Waals surface area contributed by atoms with Crippen LogP contribution in [0.25, 0.3) is 11.3 Å². The quantitative estimate of drug-likeness (QED) is 0.739. The van der Waals surface area contributed by atoms with Crippen molar-refractivity contribution < 1.29 is 4.42 Å². The fraction of sp³-hybridized carbons (Fsp3) is 0.308. The lowest BCUT2D eigenvalue weighted by Crippen LogP contribution is -1.86. The van der Waals surface area contributed by atoms with E-state index in [1.54, 1.807) is 0 Å². The Balaban J connectivity index is 2.45. The predicted molar refractivity (Wildman–Crippen MR) is 60.8 cm³/mol. The van der Waals surface area contributed by atoms with Gasteiger partial charge in [0, 0.05) is 11.5 Å². The molecule has 0 fully saturated rings. The molecule has 2 heteroatoms. The largest absolute Gasteiger partial charge is 0.445 e. The molecule has 2 rings (SSSR count). The third kappa shape index (κ3) is 1.94. The third-order valence-corrected chi connectivity index (χ3v) is 2.35. The average Bonchev–Trinajstić information content (AvgIpc) is 2.62. The molecule has 0 atom stereocenters. The van der Waals surface area contributed by atoms with Crippen LogP contribution in [0, 0.1) is 6.92 Å². The lowest BCUT2D eigenvalue weighted by molar-refractivity contribution is 0.450. The topological polar surface area (TPSA) is 26.0 Å². The van der Waals surface area contributed by atoms with Gasteiger partial charge in [0.15, 0.2) is 5.89 Å². The molecule has 2 aromatic rings. The standard InChI is InChI=1S/C13H15NO/c1-9(2)13-14-12(10(3)15-13)11-7-5-4-6-8-11/h4-9H,1-3H3. The van der Waals surface area contributed by atoms with Gasteiger partial charge in [-0.25, -0.2) is 4.98 Å². The molecule has 0 aliphatic heterocycles. The van der Waals surface area contributed by atoms with E-state index in [4.69, 9.17) is 4.42 Å². The molecular weight excluding hydrogens is 186 g/mol. The molecule has 0 bridgehead atoms. The maximum atomic E-state index is 5.62. The van der Waals surface area contributed by atoms with Crippen LogP contribution in [-0.4, -0.2) is 4.98 Å². The zero-order valence-electron chi connectivity index (χ0n) is 9.32. The van der Waals surface area contributed by atoms with Gasteiger partial charge >= 0.3 is 0 Å². The summed E-state index contributed by atoms with van der Waals surface area (Å²) in [6, 6.07) is 10.1. The van der Waals surface area contributed by atoms with Crippen LogP contribution in [0.5, 0.6) is 0 Å². The molecule has 0 spiro atoms. The summed E-state index contributed by atoms with van der Waals surface area (Å²) in [5.74, 6) is 2.04. The van der Waals surface area contributed by atoms with Gasteiger partial charge in [0.1, 0.15) is 11.5 Å². The zero-order valence-corrected chi connectivity index (χ0v) is 9.32. The number of hydrogen-bond donors (Lipinski definition) is 0. The Bertz CT molecular complexity index is 443. The van der Waals surface area contributed by atoms with Crippen molar-refractivity contribution >= 4 is 0 Å². The van der Waals surface area contributed by atoms with Crippen LogP contribution >= 0.6 is 0 Å². The van der Waals surface area contributed by atoms with Gasteiger partial charge in [-0.3, -0.25) is 0 Å². The van der Waals surface area contributed by atoms with Crippen LogP contribution in [0.2, 0.25) is 0 Å². The first kappa shape index (κ1) is 9.97. The van der Waals surface area contributed by atoms with Gasteiger partial charge in [-0.05, 0) is 6.92 Å². The van der Waals surface area contributed by atoms with Gasteiger partial charge < -0.3 is 4.42 Å². The summed E-state index contributed by atoms with van der Waals surface area (Å²) >= 11 is 0. The fourth-order valence-electron chi connectivity index (χ4n) is 1.53. The second kappa shape index (κ2) is 3.89. The number of nitrogens with zero attached hydrogens (tertiary/aromatic N) is 1. The molecule has 15 heavy (non-hydrogen) atoms. The number of aromatic nitrogens is 1. The number of benzene rings is 1. The van der Waals surface area contributed by atoms with Crippen LogP contribution in [0.3, 0.4) is 0 Å².